The highest BCUT2D eigenvalue weighted by Crippen LogP contribution is 2.63. The smallest absolute Gasteiger partial charge is 0.170 e. The quantitative estimate of drug-likeness (QED) is 0.168. The Bertz CT molecular complexity index is 3200. The summed E-state index contributed by atoms with van der Waals surface area (Å²) >= 11 is 0. The Morgan fingerprint density at radius 2 is 1.19 bits per heavy atom. The third-order valence-corrected chi connectivity index (χ3v) is 15.7. The van der Waals surface area contributed by atoms with Gasteiger partial charge in [0.25, 0.3) is 0 Å². The van der Waals surface area contributed by atoms with Crippen LogP contribution in [0.4, 0.5) is 0 Å². The summed E-state index contributed by atoms with van der Waals surface area (Å²) in [5.74, 6) is 1.72. The topological polar surface area (TPSA) is 31.2 Å². The van der Waals surface area contributed by atoms with Crippen molar-refractivity contribution in [1.29, 1.82) is 0 Å². The third-order valence-electron chi connectivity index (χ3n) is 12.6. The Labute approximate surface area is 331 Å². The normalized spacial score (nSPS) is 15.8. The summed E-state index contributed by atoms with van der Waals surface area (Å²) in [4.78, 5) is 0. The molecule has 0 N–H and O–H groups in total. The summed E-state index contributed by atoms with van der Waals surface area (Å²) in [5.41, 5.74) is 10.0. The van der Waals surface area contributed by atoms with Gasteiger partial charge in [0.05, 0.1) is 16.4 Å². The first-order chi connectivity index (χ1) is 28.2. The molecule has 0 fully saturated rings. The second-order valence-corrected chi connectivity index (χ2v) is 18.2. The van der Waals surface area contributed by atoms with Gasteiger partial charge in [0.2, 0.25) is 0 Å². The number of fused-ring (bicyclic) bond motifs is 14. The molecule has 12 rings (SSSR count). The van der Waals surface area contributed by atoms with Crippen LogP contribution in [0, 0.1) is 0 Å². The van der Waals surface area contributed by atoms with Crippen LogP contribution >= 0.6 is 7.14 Å². The zero-order valence-corrected chi connectivity index (χ0v) is 32.0. The molecule has 0 amide bonds. The Morgan fingerprint density at radius 3 is 1.95 bits per heavy atom. The van der Waals surface area contributed by atoms with Gasteiger partial charge < -0.3 is 13.9 Å². The first-order valence-corrected chi connectivity index (χ1v) is 21.5. The third kappa shape index (κ3) is 4.41. The Hall–Kier alpha value is -6.67. The maximum absolute atomic E-state index is 15.4. The summed E-state index contributed by atoms with van der Waals surface area (Å²) in [7, 11) is -3.10. The van der Waals surface area contributed by atoms with Crippen LogP contribution in [0.1, 0.15) is 35.1 Å². The molecule has 0 saturated carbocycles. The number of ether oxygens (including phenoxy) is 1. The predicted molar refractivity (Wildman–Crippen MR) is 235 cm³/mol. The van der Waals surface area contributed by atoms with Crippen LogP contribution in [-0.4, -0.2) is 4.57 Å². The molecule has 2 aliphatic carbocycles. The maximum atomic E-state index is 15.4. The zero-order valence-electron chi connectivity index (χ0n) is 31.1. The molecule has 0 saturated heterocycles. The van der Waals surface area contributed by atoms with Crippen LogP contribution in [-0.2, 0) is 9.98 Å². The number of para-hydroxylation sites is 1. The predicted octanol–water partition coefficient (Wildman–Crippen LogP) is 13.0. The minimum absolute atomic E-state index is 0.556. The summed E-state index contributed by atoms with van der Waals surface area (Å²) in [6.45, 7) is 0. The average Bonchev–Trinajstić information content (AvgIpc) is 3.77. The molecule has 3 nitrogen and oxygen atoms in total. The SMILES string of the molecule is O=P(C1=CCCC=C1)(c1ccccc1)c1ccc(-n2c3cc4c(cc3c3ccc5ccccc5c32)C2(c3ccccc3O4)c3ccccc3-c3ccccc32)cc1. The second kappa shape index (κ2) is 12.2. The van der Waals surface area contributed by atoms with E-state index in [1.54, 1.807) is 0 Å². The standard InChI is InChI=1S/C53H36NO2P/c55-57(37-16-3-1-4-17-37,38-18-5-2-6-19-38)39-30-28-36(29-31-39)54-49-34-51-48(33-44(49)43-32-27-35-15-7-8-20-40(35)52(43)54)53(47-25-13-14-26-50(47)56-51)45-23-11-9-21-41(45)42-22-10-12-24-46(42)53/h1,3-5,7-34H,2,6H2. The minimum Gasteiger partial charge on any atom is -0.457 e. The van der Waals surface area contributed by atoms with E-state index in [4.69, 9.17) is 4.74 Å². The second-order valence-electron chi connectivity index (χ2n) is 15.4. The van der Waals surface area contributed by atoms with Crippen LogP contribution in [0.15, 0.2) is 199 Å². The van der Waals surface area contributed by atoms with Crippen LogP contribution in [0.3, 0.4) is 0 Å². The van der Waals surface area contributed by atoms with E-state index in [1.807, 2.05) is 30.3 Å². The molecule has 0 radical (unpaired) electrons. The molecule has 1 spiro atoms. The van der Waals surface area contributed by atoms with E-state index < -0.39 is 12.6 Å². The molecule has 9 aromatic rings. The van der Waals surface area contributed by atoms with Crippen molar-refractivity contribution in [2.45, 2.75) is 18.3 Å². The van der Waals surface area contributed by atoms with Gasteiger partial charge in [-0.1, -0.05) is 152 Å². The monoisotopic (exact) mass is 749 g/mol. The van der Waals surface area contributed by atoms with Crippen molar-refractivity contribution in [2.24, 2.45) is 0 Å². The van der Waals surface area contributed by atoms with Gasteiger partial charge in [0.1, 0.15) is 11.5 Å². The van der Waals surface area contributed by atoms with Crippen molar-refractivity contribution in [2.75, 3.05) is 0 Å². The lowest BCUT2D eigenvalue weighted by atomic mass is 9.66. The molecular weight excluding hydrogens is 714 g/mol. The first-order valence-electron chi connectivity index (χ1n) is 19.8. The molecule has 8 aromatic carbocycles. The Morgan fingerprint density at radius 1 is 0.526 bits per heavy atom. The van der Waals surface area contributed by atoms with Gasteiger partial charge in [-0.15, -0.1) is 0 Å². The lowest BCUT2D eigenvalue weighted by molar-refractivity contribution is 0.437. The Balaban J connectivity index is 1.14. The molecule has 57 heavy (non-hydrogen) atoms. The molecule has 270 valence electrons. The van der Waals surface area contributed by atoms with Crippen LogP contribution < -0.4 is 15.3 Å². The number of hydrogen-bond acceptors (Lipinski definition) is 2. The number of allylic oxidation sites excluding steroid dienone is 4. The Kier molecular flexibility index (Phi) is 6.95. The number of nitrogens with zero attached hydrogens (tertiary/aromatic N) is 1. The lowest BCUT2D eigenvalue weighted by Gasteiger charge is -2.39. The van der Waals surface area contributed by atoms with Crippen molar-refractivity contribution < 1.29 is 9.30 Å². The number of hydrogen-bond donors (Lipinski definition) is 0. The summed E-state index contributed by atoms with van der Waals surface area (Å²) in [6, 6.07) is 62.6. The number of rotatable bonds is 4. The van der Waals surface area contributed by atoms with Crippen molar-refractivity contribution in [3.63, 3.8) is 0 Å². The van der Waals surface area contributed by atoms with Crippen molar-refractivity contribution in [3.8, 4) is 28.3 Å². The molecule has 1 unspecified atom stereocenters. The van der Waals surface area contributed by atoms with Gasteiger partial charge >= 0.3 is 0 Å². The van der Waals surface area contributed by atoms with Crippen molar-refractivity contribution in [3.05, 3.63) is 222 Å². The number of benzene rings is 8. The van der Waals surface area contributed by atoms with Gasteiger partial charge in [-0.25, -0.2) is 0 Å². The van der Waals surface area contributed by atoms with Crippen molar-refractivity contribution >= 4 is 50.3 Å². The molecule has 0 bridgehead atoms. The molecule has 1 atom stereocenters. The van der Waals surface area contributed by atoms with Crippen LogP contribution in [0.5, 0.6) is 11.5 Å². The van der Waals surface area contributed by atoms with Crippen LogP contribution in [0.2, 0.25) is 0 Å². The van der Waals surface area contributed by atoms with Gasteiger partial charge in [0.15, 0.2) is 7.14 Å². The highest BCUT2D eigenvalue weighted by molar-refractivity contribution is 7.82. The minimum atomic E-state index is -3.10. The fourth-order valence-corrected chi connectivity index (χ4v) is 12.9. The van der Waals surface area contributed by atoms with Crippen LogP contribution in [0.25, 0.3) is 49.4 Å². The molecule has 1 aromatic heterocycles. The van der Waals surface area contributed by atoms with E-state index in [0.29, 0.717) is 0 Å². The summed E-state index contributed by atoms with van der Waals surface area (Å²) in [6.07, 6.45) is 8.24. The van der Waals surface area contributed by atoms with E-state index in [9.17, 15) is 0 Å². The number of aromatic nitrogens is 1. The fraction of sp³-hybridized carbons (Fsp3) is 0.0566. The molecular formula is C53H36NO2P. The van der Waals surface area contributed by atoms with Gasteiger partial charge in [-0.05, 0) is 76.9 Å². The summed E-state index contributed by atoms with van der Waals surface area (Å²) in [5, 5.41) is 7.29. The fourth-order valence-electron chi connectivity index (χ4n) is 10.1. The lowest BCUT2D eigenvalue weighted by Crippen LogP contribution is -2.32. The van der Waals surface area contributed by atoms with E-state index >= 15 is 4.57 Å². The molecule has 4 heteroatoms. The van der Waals surface area contributed by atoms with Crippen molar-refractivity contribution in [1.82, 2.24) is 4.57 Å². The van der Waals surface area contributed by atoms with Gasteiger partial charge in [-0.2, -0.15) is 0 Å². The molecule has 3 aliphatic rings. The zero-order chi connectivity index (χ0) is 37.7. The van der Waals surface area contributed by atoms with Gasteiger partial charge in [-0.3, -0.25) is 0 Å². The summed E-state index contributed by atoms with van der Waals surface area (Å²) < 4.78 is 24.8. The largest absolute Gasteiger partial charge is 0.457 e. The van der Waals surface area contributed by atoms with E-state index in [1.165, 1.54) is 38.4 Å². The highest BCUT2D eigenvalue weighted by Gasteiger charge is 2.51. The molecule has 1 aliphatic heterocycles. The van der Waals surface area contributed by atoms with E-state index in [2.05, 4.69) is 168 Å². The van der Waals surface area contributed by atoms with E-state index in [0.717, 1.165) is 73.5 Å². The average molecular weight is 750 g/mol. The first kappa shape index (κ1) is 32.6. The molecule has 2 heterocycles. The van der Waals surface area contributed by atoms with E-state index in [-0.39, 0.29) is 0 Å². The highest BCUT2D eigenvalue weighted by atomic mass is 31.2. The maximum Gasteiger partial charge on any atom is 0.170 e. The van der Waals surface area contributed by atoms with Gasteiger partial charge in [0, 0.05) is 55.0 Å².